The molecule has 0 aromatic heterocycles. The molecule has 1 unspecified atom stereocenters. The molecule has 0 aromatic carbocycles. The molecule has 0 aromatic rings. The normalized spacial score (nSPS) is 19.8. The van der Waals surface area contributed by atoms with E-state index < -0.39 is 0 Å². The minimum Gasteiger partial charge on any atom is -0.313 e. The number of rotatable bonds is 5. The topological polar surface area (TPSA) is 12.0 Å². The van der Waals surface area contributed by atoms with Gasteiger partial charge in [-0.3, -0.25) is 0 Å². The van der Waals surface area contributed by atoms with Crippen molar-refractivity contribution in [3.8, 4) is 0 Å². The van der Waals surface area contributed by atoms with Crippen molar-refractivity contribution in [2.45, 2.75) is 26.7 Å². The third kappa shape index (κ3) is 3.57. The van der Waals surface area contributed by atoms with Gasteiger partial charge in [-0.2, -0.15) is 0 Å². The zero-order chi connectivity index (χ0) is 8.27. The highest BCUT2D eigenvalue weighted by Gasteiger charge is 2.27. The number of nitrogens with one attached hydrogen (secondary N) is 1. The quantitative estimate of drug-likeness (QED) is 0.597. The fourth-order valence-electron chi connectivity index (χ4n) is 1.35. The van der Waals surface area contributed by atoms with E-state index in [0.717, 1.165) is 24.9 Å². The predicted molar refractivity (Wildman–Crippen MR) is 49.6 cm³/mol. The largest absolute Gasteiger partial charge is 0.313 e. The highest BCUT2D eigenvalue weighted by atomic mass is 14.9. The lowest BCUT2D eigenvalue weighted by Crippen LogP contribution is -2.23. The van der Waals surface area contributed by atoms with Crippen molar-refractivity contribution < 1.29 is 0 Å². The molecule has 1 atom stereocenters. The van der Waals surface area contributed by atoms with E-state index in [4.69, 9.17) is 0 Å². The minimum atomic E-state index is 0.870. The lowest BCUT2D eigenvalue weighted by atomic mass is 10.1. The summed E-state index contributed by atoms with van der Waals surface area (Å²) < 4.78 is 0. The molecule has 0 heterocycles. The molecule has 1 nitrogen and oxygen atoms in total. The molecule has 0 bridgehead atoms. The van der Waals surface area contributed by atoms with Gasteiger partial charge in [-0.1, -0.05) is 19.1 Å². The Bertz CT molecular complexity index is 136. The van der Waals surface area contributed by atoms with Crippen LogP contribution in [0.5, 0.6) is 0 Å². The standard InChI is InChI=1S/C10H19N/c1-8(2)6-11-7-9(3)10-4-5-10/h9-11H,1,4-7H2,2-3H3. The predicted octanol–water partition coefficient (Wildman–Crippen LogP) is 2.20. The van der Waals surface area contributed by atoms with E-state index >= 15 is 0 Å². The first kappa shape index (κ1) is 8.79. The first-order valence-electron chi connectivity index (χ1n) is 4.55. The minimum absolute atomic E-state index is 0.870. The summed E-state index contributed by atoms with van der Waals surface area (Å²) >= 11 is 0. The molecule has 0 saturated heterocycles. The van der Waals surface area contributed by atoms with Crippen LogP contribution in [0.3, 0.4) is 0 Å². The van der Waals surface area contributed by atoms with Crippen LogP contribution in [0.15, 0.2) is 12.2 Å². The Morgan fingerprint density at radius 2 is 2.27 bits per heavy atom. The Hall–Kier alpha value is -0.300. The molecule has 0 radical (unpaired) electrons. The molecular weight excluding hydrogens is 134 g/mol. The average Bonchev–Trinajstić information content (AvgIpc) is 2.66. The molecule has 1 heteroatoms. The summed E-state index contributed by atoms with van der Waals surface area (Å²) in [5.74, 6) is 1.89. The van der Waals surface area contributed by atoms with Crippen LogP contribution in [0.1, 0.15) is 26.7 Å². The molecule has 1 N–H and O–H groups in total. The average molecular weight is 153 g/mol. The lowest BCUT2D eigenvalue weighted by Gasteiger charge is -2.10. The molecule has 1 fully saturated rings. The van der Waals surface area contributed by atoms with Gasteiger partial charge in [0.25, 0.3) is 0 Å². The van der Waals surface area contributed by atoms with Crippen molar-refractivity contribution in [2.75, 3.05) is 13.1 Å². The Balaban J connectivity index is 1.97. The molecule has 0 aliphatic heterocycles. The number of hydrogen-bond donors (Lipinski definition) is 1. The summed E-state index contributed by atoms with van der Waals surface area (Å²) in [6, 6.07) is 0. The van der Waals surface area contributed by atoms with Gasteiger partial charge in [-0.15, -0.1) is 0 Å². The highest BCUT2D eigenvalue weighted by molar-refractivity contribution is 4.91. The van der Waals surface area contributed by atoms with Crippen LogP contribution in [-0.2, 0) is 0 Å². The fourth-order valence-corrected chi connectivity index (χ4v) is 1.35. The van der Waals surface area contributed by atoms with Crippen molar-refractivity contribution in [3.05, 3.63) is 12.2 Å². The third-order valence-corrected chi connectivity index (χ3v) is 2.32. The van der Waals surface area contributed by atoms with Crippen LogP contribution in [0.4, 0.5) is 0 Å². The first-order chi connectivity index (χ1) is 5.20. The number of hydrogen-bond acceptors (Lipinski definition) is 1. The Morgan fingerprint density at radius 3 is 2.73 bits per heavy atom. The lowest BCUT2D eigenvalue weighted by molar-refractivity contribution is 0.472. The van der Waals surface area contributed by atoms with Crippen LogP contribution in [0.2, 0.25) is 0 Å². The molecule has 1 rings (SSSR count). The smallest absolute Gasteiger partial charge is 0.0159 e. The summed E-state index contributed by atoms with van der Waals surface area (Å²) in [7, 11) is 0. The van der Waals surface area contributed by atoms with Gasteiger partial charge in [-0.05, 0) is 38.1 Å². The van der Waals surface area contributed by atoms with E-state index in [1.165, 1.54) is 18.4 Å². The van der Waals surface area contributed by atoms with Crippen molar-refractivity contribution in [1.82, 2.24) is 5.32 Å². The van der Waals surface area contributed by atoms with E-state index in [2.05, 4.69) is 25.7 Å². The van der Waals surface area contributed by atoms with Crippen LogP contribution in [-0.4, -0.2) is 13.1 Å². The zero-order valence-corrected chi connectivity index (χ0v) is 7.69. The summed E-state index contributed by atoms with van der Waals surface area (Å²) in [4.78, 5) is 0. The van der Waals surface area contributed by atoms with E-state index in [9.17, 15) is 0 Å². The van der Waals surface area contributed by atoms with Crippen LogP contribution in [0.25, 0.3) is 0 Å². The summed E-state index contributed by atoms with van der Waals surface area (Å²) in [5, 5.41) is 3.41. The van der Waals surface area contributed by atoms with Crippen LogP contribution in [0, 0.1) is 11.8 Å². The monoisotopic (exact) mass is 153 g/mol. The second-order valence-corrected chi connectivity index (χ2v) is 3.90. The molecule has 1 saturated carbocycles. The van der Waals surface area contributed by atoms with E-state index in [0.29, 0.717) is 0 Å². The van der Waals surface area contributed by atoms with Gasteiger partial charge >= 0.3 is 0 Å². The van der Waals surface area contributed by atoms with Crippen molar-refractivity contribution >= 4 is 0 Å². The van der Waals surface area contributed by atoms with Crippen molar-refractivity contribution in [3.63, 3.8) is 0 Å². The second kappa shape index (κ2) is 3.91. The van der Waals surface area contributed by atoms with Gasteiger partial charge in [0.05, 0.1) is 0 Å². The highest BCUT2D eigenvalue weighted by Crippen LogP contribution is 2.35. The molecule has 11 heavy (non-hydrogen) atoms. The fraction of sp³-hybridized carbons (Fsp3) is 0.800. The van der Waals surface area contributed by atoms with Gasteiger partial charge in [0.2, 0.25) is 0 Å². The van der Waals surface area contributed by atoms with Gasteiger partial charge in [0, 0.05) is 6.54 Å². The van der Waals surface area contributed by atoms with Crippen molar-refractivity contribution in [1.29, 1.82) is 0 Å². The molecule has 64 valence electrons. The molecule has 0 amide bonds. The second-order valence-electron chi connectivity index (χ2n) is 3.90. The van der Waals surface area contributed by atoms with Gasteiger partial charge in [-0.25, -0.2) is 0 Å². The Kier molecular flexibility index (Phi) is 3.13. The van der Waals surface area contributed by atoms with E-state index in [-0.39, 0.29) is 0 Å². The van der Waals surface area contributed by atoms with E-state index in [1.54, 1.807) is 0 Å². The van der Waals surface area contributed by atoms with Gasteiger partial charge in [0.1, 0.15) is 0 Å². The molecular formula is C10H19N. The van der Waals surface area contributed by atoms with Crippen molar-refractivity contribution in [2.24, 2.45) is 11.8 Å². The summed E-state index contributed by atoms with van der Waals surface area (Å²) in [6.45, 7) is 10.4. The third-order valence-electron chi connectivity index (χ3n) is 2.32. The first-order valence-corrected chi connectivity index (χ1v) is 4.55. The molecule has 1 aliphatic carbocycles. The Morgan fingerprint density at radius 1 is 1.64 bits per heavy atom. The van der Waals surface area contributed by atoms with Crippen LogP contribution >= 0.6 is 0 Å². The summed E-state index contributed by atoms with van der Waals surface area (Å²) in [5.41, 5.74) is 1.23. The maximum atomic E-state index is 3.85. The summed E-state index contributed by atoms with van der Waals surface area (Å²) in [6.07, 6.45) is 2.91. The SMILES string of the molecule is C=C(C)CNCC(C)C1CC1. The zero-order valence-electron chi connectivity index (χ0n) is 7.69. The van der Waals surface area contributed by atoms with Crippen LogP contribution < -0.4 is 5.32 Å². The van der Waals surface area contributed by atoms with E-state index in [1.807, 2.05) is 0 Å². The maximum Gasteiger partial charge on any atom is 0.0159 e. The molecule has 1 aliphatic rings. The molecule has 0 spiro atoms. The Labute approximate surface area is 69.9 Å². The maximum absolute atomic E-state index is 3.85. The van der Waals surface area contributed by atoms with Gasteiger partial charge in [0.15, 0.2) is 0 Å². The van der Waals surface area contributed by atoms with Gasteiger partial charge < -0.3 is 5.32 Å².